The highest BCUT2D eigenvalue weighted by Gasteiger charge is 2.19. The van der Waals surface area contributed by atoms with Gasteiger partial charge < -0.3 is 4.74 Å². The Bertz CT molecular complexity index is 970. The van der Waals surface area contributed by atoms with Crippen molar-refractivity contribution in [1.29, 1.82) is 0 Å². The van der Waals surface area contributed by atoms with E-state index in [0.29, 0.717) is 0 Å². The van der Waals surface area contributed by atoms with Gasteiger partial charge in [-0.25, -0.2) is 4.98 Å². The number of methoxy groups -OCH3 is 1. The number of rotatable bonds is 3. The van der Waals surface area contributed by atoms with Crippen LogP contribution < -0.4 is 10.3 Å². The van der Waals surface area contributed by atoms with Gasteiger partial charge >= 0.3 is 0 Å². The standard InChI is InChI=1S/C18H17N3O2S/c1-23-13-8-6-12(7-9-13)10-20-21-11-19-17-16(18(21)22)14-4-2-3-5-15(14)24-17/h6-11H,2-5H2,1H3. The van der Waals surface area contributed by atoms with Crippen molar-refractivity contribution in [3.63, 3.8) is 0 Å². The third-order valence-corrected chi connectivity index (χ3v) is 5.51. The number of fused-ring (bicyclic) bond motifs is 3. The van der Waals surface area contributed by atoms with E-state index in [4.69, 9.17) is 4.74 Å². The number of aromatic nitrogens is 2. The first kappa shape index (κ1) is 15.1. The number of nitrogens with zero attached hydrogens (tertiary/aromatic N) is 3. The van der Waals surface area contributed by atoms with E-state index in [1.807, 2.05) is 24.3 Å². The molecule has 0 aliphatic heterocycles. The molecule has 0 radical (unpaired) electrons. The minimum atomic E-state index is -0.0795. The van der Waals surface area contributed by atoms with E-state index in [0.717, 1.165) is 40.8 Å². The molecule has 3 aromatic rings. The van der Waals surface area contributed by atoms with Crippen molar-refractivity contribution in [2.75, 3.05) is 7.11 Å². The normalized spacial score (nSPS) is 14.2. The Kier molecular flexibility index (Phi) is 3.90. The van der Waals surface area contributed by atoms with E-state index in [9.17, 15) is 4.79 Å². The summed E-state index contributed by atoms with van der Waals surface area (Å²) in [6.45, 7) is 0. The molecule has 1 aromatic carbocycles. The smallest absolute Gasteiger partial charge is 0.282 e. The maximum Gasteiger partial charge on any atom is 0.282 e. The molecule has 0 unspecified atom stereocenters. The van der Waals surface area contributed by atoms with Crippen LogP contribution >= 0.6 is 11.3 Å². The molecule has 2 aromatic heterocycles. The number of ether oxygens (including phenoxy) is 1. The summed E-state index contributed by atoms with van der Waals surface area (Å²) in [6.07, 6.45) is 7.54. The summed E-state index contributed by atoms with van der Waals surface area (Å²) in [6, 6.07) is 7.51. The number of benzene rings is 1. The average Bonchev–Trinajstić information content (AvgIpc) is 3.01. The van der Waals surface area contributed by atoms with Crippen LogP contribution in [0.1, 0.15) is 28.8 Å². The van der Waals surface area contributed by atoms with E-state index in [1.54, 1.807) is 24.7 Å². The molecule has 24 heavy (non-hydrogen) atoms. The molecule has 0 atom stereocenters. The lowest BCUT2D eigenvalue weighted by atomic mass is 9.97. The van der Waals surface area contributed by atoms with Crippen molar-refractivity contribution < 1.29 is 4.74 Å². The molecule has 4 rings (SSSR count). The third kappa shape index (κ3) is 2.63. The van der Waals surface area contributed by atoms with Crippen molar-refractivity contribution in [3.05, 3.63) is 57.0 Å². The Morgan fingerprint density at radius 2 is 2.04 bits per heavy atom. The number of aryl methyl sites for hydroxylation is 2. The van der Waals surface area contributed by atoms with Gasteiger partial charge in [0.05, 0.1) is 18.7 Å². The first-order valence-electron chi connectivity index (χ1n) is 7.96. The van der Waals surface area contributed by atoms with Crippen LogP contribution in [0, 0.1) is 0 Å². The Balaban J connectivity index is 1.72. The maximum atomic E-state index is 12.8. The quantitative estimate of drug-likeness (QED) is 0.689. The van der Waals surface area contributed by atoms with E-state index in [1.165, 1.54) is 27.9 Å². The fourth-order valence-corrected chi connectivity index (χ4v) is 4.26. The molecule has 2 heterocycles. The molecule has 0 spiro atoms. The fourth-order valence-electron chi connectivity index (χ4n) is 3.04. The first-order valence-corrected chi connectivity index (χ1v) is 8.78. The second-order valence-electron chi connectivity index (χ2n) is 5.80. The summed E-state index contributed by atoms with van der Waals surface area (Å²) in [5, 5.41) is 5.04. The van der Waals surface area contributed by atoms with Crippen LogP contribution in [0.3, 0.4) is 0 Å². The molecule has 5 nitrogen and oxygen atoms in total. The molecule has 0 bridgehead atoms. The Morgan fingerprint density at radius 3 is 2.83 bits per heavy atom. The van der Waals surface area contributed by atoms with E-state index in [2.05, 4.69) is 10.1 Å². The molecular formula is C18H17N3O2S. The van der Waals surface area contributed by atoms with Crippen molar-refractivity contribution in [3.8, 4) is 5.75 Å². The molecule has 0 saturated heterocycles. The SMILES string of the molecule is COc1ccc(C=Nn2cnc3sc4c(c3c2=O)CCCC4)cc1. The van der Waals surface area contributed by atoms with Crippen LogP contribution in [0.2, 0.25) is 0 Å². The molecule has 1 aliphatic carbocycles. The van der Waals surface area contributed by atoms with Crippen molar-refractivity contribution in [2.24, 2.45) is 5.10 Å². The van der Waals surface area contributed by atoms with Gasteiger partial charge in [0, 0.05) is 4.88 Å². The van der Waals surface area contributed by atoms with Crippen molar-refractivity contribution in [1.82, 2.24) is 9.66 Å². The van der Waals surface area contributed by atoms with Gasteiger partial charge in [-0.1, -0.05) is 0 Å². The molecule has 0 amide bonds. The maximum absolute atomic E-state index is 12.8. The zero-order chi connectivity index (χ0) is 16.5. The number of hydrogen-bond donors (Lipinski definition) is 0. The van der Waals surface area contributed by atoms with Gasteiger partial charge in [-0.05, 0) is 61.1 Å². The summed E-state index contributed by atoms with van der Waals surface area (Å²) >= 11 is 1.65. The zero-order valence-electron chi connectivity index (χ0n) is 13.4. The Labute approximate surface area is 143 Å². The van der Waals surface area contributed by atoms with Gasteiger partial charge in [0.25, 0.3) is 5.56 Å². The van der Waals surface area contributed by atoms with Gasteiger partial charge in [-0.15, -0.1) is 11.3 Å². The topological polar surface area (TPSA) is 56.5 Å². The predicted octanol–water partition coefficient (Wildman–Crippen LogP) is 3.23. The first-order chi connectivity index (χ1) is 11.8. The van der Waals surface area contributed by atoms with Crippen LogP contribution in [0.25, 0.3) is 10.2 Å². The molecule has 122 valence electrons. The van der Waals surface area contributed by atoms with Crippen molar-refractivity contribution >= 4 is 27.8 Å². The van der Waals surface area contributed by atoms with E-state index >= 15 is 0 Å². The molecular weight excluding hydrogens is 322 g/mol. The third-order valence-electron chi connectivity index (χ3n) is 4.31. The highest BCUT2D eigenvalue weighted by atomic mass is 32.1. The summed E-state index contributed by atoms with van der Waals surface area (Å²) in [5.74, 6) is 0.789. The van der Waals surface area contributed by atoms with E-state index in [-0.39, 0.29) is 5.56 Å². The van der Waals surface area contributed by atoms with Crippen LogP contribution in [-0.4, -0.2) is 23.0 Å². The highest BCUT2D eigenvalue weighted by Crippen LogP contribution is 2.33. The van der Waals surface area contributed by atoms with Gasteiger partial charge in [0.15, 0.2) is 0 Å². The molecule has 0 fully saturated rings. The predicted molar refractivity (Wildman–Crippen MR) is 96.5 cm³/mol. The number of thiophene rings is 1. The van der Waals surface area contributed by atoms with Crippen LogP contribution in [0.5, 0.6) is 5.75 Å². The lowest BCUT2D eigenvalue weighted by Crippen LogP contribution is -2.18. The van der Waals surface area contributed by atoms with Crippen LogP contribution in [0.15, 0.2) is 40.5 Å². The largest absolute Gasteiger partial charge is 0.497 e. The minimum absolute atomic E-state index is 0.0795. The van der Waals surface area contributed by atoms with Gasteiger partial charge in [-0.2, -0.15) is 9.78 Å². The van der Waals surface area contributed by atoms with E-state index < -0.39 is 0 Å². The second-order valence-corrected chi connectivity index (χ2v) is 6.89. The lowest BCUT2D eigenvalue weighted by molar-refractivity contribution is 0.415. The Hall–Kier alpha value is -2.47. The molecule has 0 N–H and O–H groups in total. The van der Waals surface area contributed by atoms with Crippen molar-refractivity contribution in [2.45, 2.75) is 25.7 Å². The van der Waals surface area contributed by atoms with Crippen LogP contribution in [-0.2, 0) is 12.8 Å². The average molecular weight is 339 g/mol. The monoisotopic (exact) mass is 339 g/mol. The summed E-state index contributed by atoms with van der Waals surface area (Å²) in [5.41, 5.74) is 2.01. The number of hydrogen-bond acceptors (Lipinski definition) is 5. The fraction of sp³-hybridized carbons (Fsp3) is 0.278. The van der Waals surface area contributed by atoms with Gasteiger partial charge in [-0.3, -0.25) is 4.79 Å². The molecule has 1 aliphatic rings. The summed E-state index contributed by atoms with van der Waals surface area (Å²) < 4.78 is 6.46. The highest BCUT2D eigenvalue weighted by molar-refractivity contribution is 7.18. The summed E-state index contributed by atoms with van der Waals surface area (Å²) in [7, 11) is 1.63. The lowest BCUT2D eigenvalue weighted by Gasteiger charge is -2.09. The van der Waals surface area contributed by atoms with Gasteiger partial charge in [0.2, 0.25) is 0 Å². The minimum Gasteiger partial charge on any atom is -0.497 e. The van der Waals surface area contributed by atoms with Gasteiger partial charge in [0.1, 0.15) is 16.9 Å². The Morgan fingerprint density at radius 1 is 1.25 bits per heavy atom. The van der Waals surface area contributed by atoms with Crippen LogP contribution in [0.4, 0.5) is 0 Å². The summed E-state index contributed by atoms with van der Waals surface area (Å²) in [4.78, 5) is 19.4. The second kappa shape index (κ2) is 6.20. The zero-order valence-corrected chi connectivity index (χ0v) is 14.2. The molecule has 6 heteroatoms. The molecule has 0 saturated carbocycles.